The summed E-state index contributed by atoms with van der Waals surface area (Å²) in [6.45, 7) is 3.63. The first kappa shape index (κ1) is 18.6. The Labute approximate surface area is 167 Å². The van der Waals surface area contributed by atoms with Crippen molar-refractivity contribution in [1.29, 1.82) is 0 Å². The van der Waals surface area contributed by atoms with Crippen LogP contribution in [-0.4, -0.2) is 24.6 Å². The number of ether oxygens (including phenoxy) is 1. The molecule has 0 saturated carbocycles. The van der Waals surface area contributed by atoms with E-state index in [4.69, 9.17) is 4.74 Å². The Morgan fingerprint density at radius 2 is 1.96 bits per heavy atom. The van der Waals surface area contributed by atoms with Gasteiger partial charge in [-0.1, -0.05) is 29.5 Å². The van der Waals surface area contributed by atoms with Crippen molar-refractivity contribution in [3.8, 4) is 17.0 Å². The lowest BCUT2D eigenvalue weighted by molar-refractivity contribution is 0.102. The molecule has 2 aromatic carbocycles. The van der Waals surface area contributed by atoms with E-state index in [-0.39, 0.29) is 10.5 Å². The molecule has 28 heavy (non-hydrogen) atoms. The highest BCUT2D eigenvalue weighted by molar-refractivity contribution is 7.92. The molecule has 0 aliphatic carbocycles. The van der Waals surface area contributed by atoms with Gasteiger partial charge in [-0.25, -0.2) is 13.4 Å². The van der Waals surface area contributed by atoms with Gasteiger partial charge >= 0.3 is 0 Å². The van der Waals surface area contributed by atoms with Crippen molar-refractivity contribution in [2.24, 2.45) is 0 Å². The minimum atomic E-state index is -3.45. The third kappa shape index (κ3) is 3.29. The fourth-order valence-corrected chi connectivity index (χ4v) is 4.89. The van der Waals surface area contributed by atoms with Crippen LogP contribution < -0.4 is 10.1 Å². The van der Waals surface area contributed by atoms with E-state index >= 15 is 0 Å². The van der Waals surface area contributed by atoms with Crippen LogP contribution in [0.1, 0.15) is 29.1 Å². The van der Waals surface area contributed by atoms with E-state index in [0.717, 1.165) is 21.9 Å². The molecule has 0 fully saturated rings. The van der Waals surface area contributed by atoms with Crippen molar-refractivity contribution in [3.63, 3.8) is 0 Å². The first-order chi connectivity index (χ1) is 13.4. The average Bonchev–Trinajstić information content (AvgIpc) is 3.11. The molecule has 3 aromatic rings. The van der Waals surface area contributed by atoms with E-state index in [1.807, 2.05) is 24.3 Å². The molecule has 8 heteroatoms. The molecule has 1 aliphatic heterocycles. The Morgan fingerprint density at radius 1 is 1.18 bits per heavy atom. The highest BCUT2D eigenvalue weighted by atomic mass is 32.2. The number of carbonyl (C=O) groups excluding carboxylic acids is 1. The second kappa shape index (κ2) is 7.03. The summed E-state index contributed by atoms with van der Waals surface area (Å²) in [7, 11) is -3.45. The van der Waals surface area contributed by atoms with E-state index < -0.39 is 21.0 Å². The molecule has 2 heterocycles. The molecular formula is C20H18N2O4S2. The monoisotopic (exact) mass is 414 g/mol. The maximum atomic E-state index is 12.7. The number of thiazole rings is 1. The molecule has 0 saturated heterocycles. The maximum Gasteiger partial charge on any atom is 0.257 e. The zero-order valence-electron chi connectivity index (χ0n) is 15.3. The first-order valence-electron chi connectivity index (χ1n) is 8.73. The Bertz CT molecular complexity index is 1170. The van der Waals surface area contributed by atoms with Crippen LogP contribution in [0, 0.1) is 0 Å². The van der Waals surface area contributed by atoms with Crippen LogP contribution in [0.2, 0.25) is 0 Å². The minimum Gasteiger partial charge on any atom is -0.487 e. The van der Waals surface area contributed by atoms with Gasteiger partial charge in [-0.15, -0.1) is 0 Å². The summed E-state index contributed by atoms with van der Waals surface area (Å²) in [6, 6.07) is 13.7. The predicted octanol–water partition coefficient (Wildman–Crippen LogP) is 4.14. The summed E-state index contributed by atoms with van der Waals surface area (Å²) in [5, 5.41) is 2.66. The number of para-hydroxylation sites is 1. The Morgan fingerprint density at radius 3 is 2.75 bits per heavy atom. The number of carbonyl (C=O) groups is 1. The Hall–Kier alpha value is -2.71. The number of aromatic nitrogens is 1. The quantitative estimate of drug-likeness (QED) is 0.694. The van der Waals surface area contributed by atoms with Crippen molar-refractivity contribution in [1.82, 2.24) is 4.98 Å². The van der Waals surface area contributed by atoms with Gasteiger partial charge in [0, 0.05) is 11.1 Å². The Kier molecular flexibility index (Phi) is 4.68. The summed E-state index contributed by atoms with van der Waals surface area (Å²) >= 11 is 1.35. The van der Waals surface area contributed by atoms with Gasteiger partial charge in [0.2, 0.25) is 0 Å². The topological polar surface area (TPSA) is 85.4 Å². The summed E-state index contributed by atoms with van der Waals surface area (Å²) in [5.41, 5.74) is 1.97. The summed E-state index contributed by atoms with van der Waals surface area (Å²) in [4.78, 5) is 18.3. The molecule has 1 N–H and O–H groups in total. The minimum absolute atomic E-state index is 0.135. The van der Waals surface area contributed by atoms with Gasteiger partial charge in [0.05, 0.1) is 20.7 Å². The lowest BCUT2D eigenvalue weighted by Gasteiger charge is -2.15. The molecule has 0 unspecified atom stereocenters. The third-order valence-electron chi connectivity index (χ3n) is 4.46. The number of fused-ring (bicyclic) bond motifs is 3. The molecule has 144 valence electrons. The molecule has 0 spiro atoms. The number of rotatable bonds is 4. The normalized spacial score (nSPS) is 12.8. The number of amides is 1. The third-order valence-corrected chi connectivity index (χ3v) is 7.56. The van der Waals surface area contributed by atoms with Gasteiger partial charge in [-0.05, 0) is 44.2 Å². The standard InChI is InChI=1S/C20H18N2O4S2/c1-12(2)28(24,25)14-7-5-6-13(10-14)19(23)22-20-21-18-15-8-3-4-9-16(15)26-11-17(18)27-20/h3-10,12H,11H2,1-2H3,(H,21,22,23). The Balaban J connectivity index is 1.60. The molecule has 0 atom stereocenters. The second-order valence-corrected chi connectivity index (χ2v) is 10.2. The van der Waals surface area contributed by atoms with Crippen LogP contribution in [0.15, 0.2) is 53.4 Å². The number of anilines is 1. The van der Waals surface area contributed by atoms with Gasteiger partial charge in [-0.2, -0.15) is 0 Å². The van der Waals surface area contributed by atoms with Crippen molar-refractivity contribution < 1.29 is 17.9 Å². The number of hydrogen-bond donors (Lipinski definition) is 1. The number of nitrogens with zero attached hydrogens (tertiary/aromatic N) is 1. The van der Waals surface area contributed by atoms with Gasteiger partial charge in [0.1, 0.15) is 12.4 Å². The number of benzene rings is 2. The largest absolute Gasteiger partial charge is 0.487 e. The van der Waals surface area contributed by atoms with Crippen LogP contribution >= 0.6 is 11.3 Å². The molecule has 0 radical (unpaired) electrons. The highest BCUT2D eigenvalue weighted by Gasteiger charge is 2.23. The van der Waals surface area contributed by atoms with Gasteiger partial charge in [0.15, 0.2) is 15.0 Å². The molecule has 1 amide bonds. The fourth-order valence-electron chi connectivity index (χ4n) is 2.90. The van der Waals surface area contributed by atoms with Crippen LogP contribution in [-0.2, 0) is 16.4 Å². The molecule has 4 rings (SSSR count). The smallest absolute Gasteiger partial charge is 0.257 e. The van der Waals surface area contributed by atoms with E-state index in [0.29, 0.717) is 11.7 Å². The average molecular weight is 415 g/mol. The van der Waals surface area contributed by atoms with Gasteiger partial charge in [-0.3, -0.25) is 10.1 Å². The van der Waals surface area contributed by atoms with Crippen molar-refractivity contribution in [3.05, 3.63) is 59.0 Å². The fraction of sp³-hybridized carbons (Fsp3) is 0.200. The molecule has 0 bridgehead atoms. The lowest BCUT2D eigenvalue weighted by Crippen LogP contribution is -2.16. The molecule has 1 aromatic heterocycles. The second-order valence-electron chi connectivity index (χ2n) is 6.65. The maximum absolute atomic E-state index is 12.7. The summed E-state index contributed by atoms with van der Waals surface area (Å²) in [6.07, 6.45) is 0. The van der Waals surface area contributed by atoms with Gasteiger partial charge in [0.25, 0.3) is 5.91 Å². The summed E-state index contributed by atoms with van der Waals surface area (Å²) < 4.78 is 30.4. The summed E-state index contributed by atoms with van der Waals surface area (Å²) in [5.74, 6) is 0.367. The number of hydrogen-bond acceptors (Lipinski definition) is 6. The van der Waals surface area contributed by atoms with E-state index in [9.17, 15) is 13.2 Å². The van der Waals surface area contributed by atoms with Crippen molar-refractivity contribution in [2.45, 2.75) is 30.6 Å². The zero-order valence-corrected chi connectivity index (χ0v) is 16.9. The first-order valence-corrected chi connectivity index (χ1v) is 11.1. The van der Waals surface area contributed by atoms with Crippen LogP contribution in [0.4, 0.5) is 5.13 Å². The van der Waals surface area contributed by atoms with E-state index in [2.05, 4.69) is 10.3 Å². The van der Waals surface area contributed by atoms with E-state index in [1.165, 1.54) is 23.5 Å². The number of sulfone groups is 1. The van der Waals surface area contributed by atoms with E-state index in [1.54, 1.807) is 26.0 Å². The van der Waals surface area contributed by atoms with Crippen molar-refractivity contribution >= 4 is 32.2 Å². The van der Waals surface area contributed by atoms with Crippen LogP contribution in [0.3, 0.4) is 0 Å². The predicted molar refractivity (Wildman–Crippen MR) is 109 cm³/mol. The number of nitrogens with one attached hydrogen (secondary N) is 1. The molecule has 1 aliphatic rings. The highest BCUT2D eigenvalue weighted by Crippen LogP contribution is 2.40. The zero-order chi connectivity index (χ0) is 19.9. The lowest BCUT2D eigenvalue weighted by atomic mass is 10.1. The molecule has 6 nitrogen and oxygen atoms in total. The van der Waals surface area contributed by atoms with Crippen LogP contribution in [0.25, 0.3) is 11.3 Å². The van der Waals surface area contributed by atoms with Gasteiger partial charge < -0.3 is 4.74 Å². The van der Waals surface area contributed by atoms with Crippen molar-refractivity contribution in [2.75, 3.05) is 5.32 Å². The molecular weight excluding hydrogens is 396 g/mol. The van der Waals surface area contributed by atoms with Crippen LogP contribution in [0.5, 0.6) is 5.75 Å². The SMILES string of the molecule is CC(C)S(=O)(=O)c1cccc(C(=O)Nc2nc3c(s2)COc2ccccc2-3)c1.